The van der Waals surface area contributed by atoms with Crippen LogP contribution in [-0.2, 0) is 50.4 Å². The number of phenolic OH excluding ortho intramolecular Hbond substituents is 2. The molecule has 0 spiro atoms. The Kier molecular flexibility index (Phi) is 27.0. The first-order valence-corrected chi connectivity index (χ1v) is 25.7. The standard InChI is InChI=1S/C24H26O2.C16H17ClO.C10H14O.C8H10O.C6H4ClI.Cu.Fe/c1-17-14-18(2)16-23(15-17)26-22-12-10-21(11-13-22)25-20-8-6-19(7-9-20)24(3,4)5;1-16(2,3)12-4-8-14(9-5-12)18-15-10-6-13(17)7-11-15;1-10(2,3)8-4-6-9(11)7-5-8;1-6-3-7(2)5-8(9)4-6;7-5-1-3-6(8)4-2-5;;/h6-16H,1-5H3;4-11H,1-3H3;4-7,11H,1-3H3;3-5,9H,1-2H3;1-4H;;. The topological polar surface area (TPSA) is 68.2 Å². The molecule has 0 heterocycles. The first-order chi connectivity index (χ1) is 33.7. The zero-order valence-corrected chi connectivity index (χ0v) is 50.4. The molecule has 10 heteroatoms. The van der Waals surface area contributed by atoms with Gasteiger partial charge in [-0.1, -0.05) is 134 Å². The van der Waals surface area contributed by atoms with E-state index in [2.05, 4.69) is 129 Å². The van der Waals surface area contributed by atoms with Crippen LogP contribution in [0.5, 0.6) is 46.0 Å². The number of hydrogen-bond acceptors (Lipinski definition) is 5. The second-order valence-electron chi connectivity index (χ2n) is 20.7. The van der Waals surface area contributed by atoms with Crippen LogP contribution in [0.4, 0.5) is 0 Å². The van der Waals surface area contributed by atoms with Crippen LogP contribution in [0.1, 0.15) is 101 Å². The minimum Gasteiger partial charge on any atom is -0.508 e. The molecule has 8 aromatic carbocycles. The molecule has 0 aliphatic heterocycles. The summed E-state index contributed by atoms with van der Waals surface area (Å²) in [5, 5.41) is 19.5. The maximum Gasteiger partial charge on any atom is 0.127 e. The molecule has 0 aliphatic rings. The predicted molar refractivity (Wildman–Crippen MR) is 313 cm³/mol. The number of aryl methyl sites for hydroxylation is 4. The molecule has 0 saturated carbocycles. The van der Waals surface area contributed by atoms with Gasteiger partial charge in [-0.2, -0.15) is 0 Å². The van der Waals surface area contributed by atoms with Crippen LogP contribution >= 0.6 is 45.8 Å². The molecule has 0 saturated heterocycles. The summed E-state index contributed by atoms with van der Waals surface area (Å²) in [6.07, 6.45) is 0. The van der Waals surface area contributed by atoms with E-state index < -0.39 is 0 Å². The van der Waals surface area contributed by atoms with Crippen molar-refractivity contribution in [2.45, 2.75) is 106 Å². The van der Waals surface area contributed by atoms with Gasteiger partial charge in [0.05, 0.1) is 0 Å². The zero-order valence-electron chi connectivity index (χ0n) is 44.7. The molecule has 0 atom stereocenters. The molecule has 1 radical (unpaired) electrons. The zero-order chi connectivity index (χ0) is 53.2. The summed E-state index contributed by atoms with van der Waals surface area (Å²) < 4.78 is 18.8. The monoisotopic (exact) mass is 1240 g/mol. The second kappa shape index (κ2) is 30.6. The first-order valence-electron chi connectivity index (χ1n) is 23.9. The van der Waals surface area contributed by atoms with Gasteiger partial charge >= 0.3 is 0 Å². The van der Waals surface area contributed by atoms with Crippen LogP contribution in [0.15, 0.2) is 182 Å². The van der Waals surface area contributed by atoms with Crippen molar-refractivity contribution >= 4 is 45.8 Å². The van der Waals surface area contributed by atoms with Crippen molar-refractivity contribution in [3.8, 4) is 46.0 Å². The fourth-order valence-corrected chi connectivity index (χ4v) is 7.48. The van der Waals surface area contributed by atoms with E-state index in [1.54, 1.807) is 24.3 Å². The van der Waals surface area contributed by atoms with Crippen LogP contribution in [0.2, 0.25) is 10.0 Å². The summed E-state index contributed by atoms with van der Waals surface area (Å²) in [6, 6.07) is 58.3. The van der Waals surface area contributed by atoms with Crippen molar-refractivity contribution in [2.75, 3.05) is 0 Å². The molecule has 2 N–H and O–H groups in total. The first kappa shape index (κ1) is 65.2. The molecule has 74 heavy (non-hydrogen) atoms. The number of halogens is 3. The summed E-state index contributed by atoms with van der Waals surface area (Å²) in [5.74, 6) is 5.60. The summed E-state index contributed by atoms with van der Waals surface area (Å²) in [7, 11) is 0. The van der Waals surface area contributed by atoms with Gasteiger partial charge in [0.25, 0.3) is 0 Å². The maximum atomic E-state index is 9.02. The Labute approximate surface area is 487 Å². The van der Waals surface area contributed by atoms with Crippen LogP contribution in [-0.4, -0.2) is 10.2 Å². The van der Waals surface area contributed by atoms with E-state index in [4.69, 9.17) is 47.6 Å². The van der Waals surface area contributed by atoms with Gasteiger partial charge in [0, 0.05) is 47.8 Å². The Hall–Kier alpha value is -4.89. The largest absolute Gasteiger partial charge is 0.508 e. The summed E-state index contributed by atoms with van der Waals surface area (Å²) in [4.78, 5) is 0. The SMILES string of the molecule is CC(C)(C)c1ccc(O)cc1.CC(C)(C)c1ccc(Oc2ccc(Cl)cc2)cc1.Cc1cc(C)cc(O)c1.Cc1cc(C)cc(Oc2ccc(Oc3ccc(C(C)(C)C)cc3)cc2)c1.Clc1ccc(I)cc1.[Cu].[Fe]. The summed E-state index contributed by atoms with van der Waals surface area (Å²) in [6.45, 7) is 27.7. The van der Waals surface area contributed by atoms with Crippen molar-refractivity contribution in [1.29, 1.82) is 0 Å². The smallest absolute Gasteiger partial charge is 0.127 e. The van der Waals surface area contributed by atoms with E-state index in [9.17, 15) is 0 Å². The molecule has 8 rings (SSSR count). The normalized spacial score (nSPS) is 10.6. The van der Waals surface area contributed by atoms with E-state index in [1.165, 1.54) is 31.4 Å². The number of hydrogen-bond donors (Lipinski definition) is 2. The average molecular weight is 1240 g/mol. The van der Waals surface area contributed by atoms with Gasteiger partial charge in [0.15, 0.2) is 0 Å². The molecule has 0 fully saturated rings. The van der Waals surface area contributed by atoms with E-state index in [-0.39, 0.29) is 50.4 Å². The minimum atomic E-state index is 0. The molecule has 0 bridgehead atoms. The van der Waals surface area contributed by atoms with Crippen LogP contribution in [0, 0.1) is 31.3 Å². The average Bonchev–Trinajstić information content (AvgIpc) is 3.29. The van der Waals surface area contributed by atoms with Crippen LogP contribution < -0.4 is 14.2 Å². The Balaban J connectivity index is 0.000000339. The van der Waals surface area contributed by atoms with Gasteiger partial charge in [0.2, 0.25) is 0 Å². The fraction of sp³-hybridized carbons (Fsp3) is 0.250. The second-order valence-corrected chi connectivity index (χ2v) is 22.8. The number of aromatic hydroxyl groups is 2. The Morgan fingerprint density at radius 1 is 0.338 bits per heavy atom. The minimum absolute atomic E-state index is 0. The Morgan fingerprint density at radius 3 is 0.865 bits per heavy atom. The number of phenols is 2. The van der Waals surface area contributed by atoms with Crippen molar-refractivity contribution in [3.05, 3.63) is 235 Å². The van der Waals surface area contributed by atoms with E-state index >= 15 is 0 Å². The predicted octanol–water partition coefficient (Wildman–Crippen LogP) is 20.3. The van der Waals surface area contributed by atoms with Crippen molar-refractivity contribution < 1.29 is 58.6 Å². The van der Waals surface area contributed by atoms with E-state index in [0.29, 0.717) is 16.5 Å². The third-order valence-electron chi connectivity index (χ3n) is 10.7. The van der Waals surface area contributed by atoms with Gasteiger partial charge in [-0.05, 0) is 239 Å². The van der Waals surface area contributed by atoms with Gasteiger partial charge < -0.3 is 24.4 Å². The summed E-state index contributed by atoms with van der Waals surface area (Å²) in [5.41, 5.74) is 8.92. The van der Waals surface area contributed by atoms with E-state index in [1.807, 2.05) is 141 Å². The maximum absolute atomic E-state index is 9.02. The Morgan fingerprint density at radius 2 is 0.581 bits per heavy atom. The van der Waals surface area contributed by atoms with Crippen molar-refractivity contribution in [2.24, 2.45) is 0 Å². The molecule has 0 amide bonds. The molecule has 8 aromatic rings. The van der Waals surface area contributed by atoms with E-state index in [0.717, 1.165) is 50.6 Å². The van der Waals surface area contributed by atoms with Gasteiger partial charge in [0.1, 0.15) is 46.0 Å². The third-order valence-corrected chi connectivity index (χ3v) is 11.9. The number of rotatable bonds is 6. The number of benzene rings is 8. The summed E-state index contributed by atoms with van der Waals surface area (Å²) >= 11 is 13.7. The Bertz CT molecular complexity index is 2780. The molecular weight excluding hydrogens is 1170 g/mol. The van der Waals surface area contributed by atoms with Crippen LogP contribution in [0.25, 0.3) is 0 Å². The van der Waals surface area contributed by atoms with Crippen LogP contribution in [0.3, 0.4) is 0 Å². The molecule has 5 nitrogen and oxygen atoms in total. The third kappa shape index (κ3) is 24.6. The molecule has 0 unspecified atom stereocenters. The van der Waals surface area contributed by atoms with Gasteiger partial charge in [-0.15, -0.1) is 0 Å². The quantitative estimate of drug-likeness (QED) is 0.128. The molecule has 0 aliphatic carbocycles. The molecule has 397 valence electrons. The molecule has 0 aromatic heterocycles. The van der Waals surface area contributed by atoms with Gasteiger partial charge in [-0.3, -0.25) is 0 Å². The van der Waals surface area contributed by atoms with Crippen molar-refractivity contribution in [1.82, 2.24) is 0 Å². The van der Waals surface area contributed by atoms with Crippen molar-refractivity contribution in [3.63, 3.8) is 0 Å². The number of ether oxygens (including phenoxy) is 3. The fourth-order valence-electron chi connectivity index (χ4n) is 6.87. The van der Waals surface area contributed by atoms with Gasteiger partial charge in [-0.25, -0.2) is 0 Å². The molecular formula is C64H71Cl2CuFeIO5.